The summed E-state index contributed by atoms with van der Waals surface area (Å²) in [5.41, 5.74) is 2.28. The fourth-order valence-corrected chi connectivity index (χ4v) is 3.15. The van der Waals surface area contributed by atoms with Crippen molar-refractivity contribution in [1.82, 2.24) is 15.5 Å². The largest absolute Gasteiger partial charge is 0.489 e. The lowest BCUT2D eigenvalue weighted by Gasteiger charge is -2.33. The maximum absolute atomic E-state index is 12.5. The van der Waals surface area contributed by atoms with Gasteiger partial charge < -0.3 is 25.4 Å². The monoisotopic (exact) mass is 587 g/mol. The first-order valence-corrected chi connectivity index (χ1v) is 14.7. The predicted molar refractivity (Wildman–Crippen MR) is 175 cm³/mol. The topological polar surface area (TPSA) is 108 Å². The molecule has 1 aromatic rings. The highest BCUT2D eigenvalue weighted by molar-refractivity contribution is 5.89. The van der Waals surface area contributed by atoms with Crippen LogP contribution in [0, 0.1) is 5.41 Å². The number of hydrogen-bond donors (Lipinski definition) is 3. The van der Waals surface area contributed by atoms with Gasteiger partial charge in [-0.2, -0.15) is 0 Å². The number of carboxylic acids is 1. The highest BCUT2D eigenvalue weighted by atomic mass is 16.5. The number of carbonyl (C=O) groups excluding carboxylic acids is 2. The molecule has 2 amide bonds. The Morgan fingerprint density at radius 1 is 1.07 bits per heavy atom. The van der Waals surface area contributed by atoms with Gasteiger partial charge in [-0.25, -0.2) is 4.79 Å². The van der Waals surface area contributed by atoms with Crippen molar-refractivity contribution in [3.05, 3.63) is 65.3 Å². The smallest absolute Gasteiger partial charge is 0.331 e. The van der Waals surface area contributed by atoms with Gasteiger partial charge in [0.1, 0.15) is 18.4 Å². The molecule has 1 atom stereocenters. The molecule has 1 aromatic carbocycles. The third-order valence-corrected chi connectivity index (χ3v) is 5.73. The highest BCUT2D eigenvalue weighted by Crippen LogP contribution is 2.21. The fourth-order valence-electron chi connectivity index (χ4n) is 3.15. The average molecular weight is 588 g/mol. The lowest BCUT2D eigenvalue weighted by Crippen LogP contribution is -2.55. The number of aliphatic carboxylic acids is 1. The molecule has 0 bridgehead atoms. The van der Waals surface area contributed by atoms with E-state index in [4.69, 9.17) is 9.84 Å². The van der Waals surface area contributed by atoms with Gasteiger partial charge in [0.15, 0.2) is 0 Å². The molecule has 8 heteroatoms. The summed E-state index contributed by atoms with van der Waals surface area (Å²) in [7, 11) is 3.23. The van der Waals surface area contributed by atoms with Crippen molar-refractivity contribution >= 4 is 17.8 Å². The third-order valence-electron chi connectivity index (χ3n) is 5.73. The Morgan fingerprint density at radius 2 is 1.62 bits per heavy atom. The van der Waals surface area contributed by atoms with Gasteiger partial charge in [0.25, 0.3) is 0 Å². The Hall–Kier alpha value is -3.39. The van der Waals surface area contributed by atoms with Gasteiger partial charge in [0, 0.05) is 19.2 Å². The fraction of sp³-hybridized carbons (Fsp3) is 0.559. The van der Waals surface area contributed by atoms with Crippen LogP contribution < -0.4 is 15.4 Å². The minimum Gasteiger partial charge on any atom is -0.489 e. The quantitative estimate of drug-likeness (QED) is 0.194. The number of likely N-dealkylation sites (N-methyl/N-ethyl adjacent to an activating group) is 2. The van der Waals surface area contributed by atoms with Gasteiger partial charge in [0.05, 0.1) is 6.54 Å². The minimum atomic E-state index is -1.02. The zero-order chi connectivity index (χ0) is 32.9. The summed E-state index contributed by atoms with van der Waals surface area (Å²) in [4.78, 5) is 36.4. The maximum Gasteiger partial charge on any atom is 0.331 e. The molecular formula is C34H57N3O5. The number of nitrogens with one attached hydrogen (secondary N) is 2. The molecule has 42 heavy (non-hydrogen) atoms. The second kappa shape index (κ2) is 22.2. The van der Waals surface area contributed by atoms with Crippen LogP contribution in [-0.4, -0.2) is 67.6 Å². The summed E-state index contributed by atoms with van der Waals surface area (Å²) < 4.78 is 5.70. The van der Waals surface area contributed by atoms with E-state index in [1.54, 1.807) is 14.1 Å². The van der Waals surface area contributed by atoms with E-state index in [0.29, 0.717) is 12.5 Å². The molecule has 0 spiro atoms. The van der Waals surface area contributed by atoms with Crippen molar-refractivity contribution in [3.63, 3.8) is 0 Å². The summed E-state index contributed by atoms with van der Waals surface area (Å²) in [6.45, 7) is 20.7. The van der Waals surface area contributed by atoms with Gasteiger partial charge in [-0.1, -0.05) is 91.3 Å². The number of allylic oxidation sites excluding steroid dienone is 3. The summed E-state index contributed by atoms with van der Waals surface area (Å²) in [6, 6.07) is 7.66. The second-order valence-corrected chi connectivity index (χ2v) is 11.6. The lowest BCUT2D eigenvalue weighted by molar-refractivity contribution is -0.137. The second-order valence-electron chi connectivity index (χ2n) is 11.6. The number of carboxylic acid groups (broad SMARTS) is 1. The number of carbonyl (C=O) groups is 3. The van der Waals surface area contributed by atoms with Gasteiger partial charge in [-0.15, -0.1) is 0 Å². The Balaban J connectivity index is 0. The van der Waals surface area contributed by atoms with Crippen LogP contribution in [0.15, 0.2) is 59.7 Å². The van der Waals surface area contributed by atoms with Crippen LogP contribution in [0.4, 0.5) is 0 Å². The molecule has 0 aliphatic rings. The zero-order valence-corrected chi connectivity index (χ0v) is 28.1. The Kier molecular flexibility index (Phi) is 21.6. The zero-order valence-electron chi connectivity index (χ0n) is 28.1. The molecule has 1 rings (SSSR count). The molecular weight excluding hydrogens is 530 g/mol. The minimum absolute atomic E-state index is 0.127. The van der Waals surface area contributed by atoms with Crippen molar-refractivity contribution in [1.29, 1.82) is 0 Å². The van der Waals surface area contributed by atoms with Gasteiger partial charge in [0.2, 0.25) is 11.8 Å². The number of rotatable bonds is 12. The highest BCUT2D eigenvalue weighted by Gasteiger charge is 2.34. The first-order valence-electron chi connectivity index (χ1n) is 14.7. The number of nitrogens with zero attached hydrogens (tertiary/aromatic N) is 1. The van der Waals surface area contributed by atoms with Crippen LogP contribution in [0.5, 0.6) is 5.75 Å². The Morgan fingerprint density at radius 3 is 2.05 bits per heavy atom. The van der Waals surface area contributed by atoms with Crippen LogP contribution in [-0.2, 0) is 14.4 Å². The van der Waals surface area contributed by atoms with Crippen LogP contribution in [0.2, 0.25) is 0 Å². The molecule has 8 nitrogen and oxygen atoms in total. The third kappa shape index (κ3) is 18.9. The molecule has 0 saturated carbocycles. The molecule has 0 radical (unpaired) electrons. The van der Waals surface area contributed by atoms with Crippen molar-refractivity contribution in [2.75, 3.05) is 33.8 Å². The molecule has 0 heterocycles. The van der Waals surface area contributed by atoms with Crippen molar-refractivity contribution in [2.45, 2.75) is 87.6 Å². The van der Waals surface area contributed by atoms with Gasteiger partial charge in [-0.05, 0) is 62.4 Å². The number of ether oxygens (including phenoxy) is 1. The normalized spacial score (nSPS) is 12.5. The molecule has 3 N–H and O–H groups in total. The van der Waals surface area contributed by atoms with E-state index in [9.17, 15) is 14.4 Å². The van der Waals surface area contributed by atoms with E-state index in [-0.39, 0.29) is 30.5 Å². The maximum atomic E-state index is 12.5. The Bertz CT molecular complexity index is 1020. The lowest BCUT2D eigenvalue weighted by atomic mass is 9.85. The Labute approximate surface area is 255 Å². The predicted octanol–water partition coefficient (Wildman–Crippen LogP) is 6.35. The van der Waals surface area contributed by atoms with Crippen LogP contribution in [0.1, 0.15) is 87.1 Å². The molecule has 0 aliphatic carbocycles. The van der Waals surface area contributed by atoms with E-state index >= 15 is 0 Å². The number of hydrogen-bond acceptors (Lipinski definition) is 5. The van der Waals surface area contributed by atoms with E-state index in [1.807, 2.05) is 52.0 Å². The number of amides is 2. The van der Waals surface area contributed by atoms with Gasteiger partial charge >= 0.3 is 5.97 Å². The van der Waals surface area contributed by atoms with E-state index in [1.165, 1.54) is 35.5 Å². The standard InChI is InChI=1S/C16H22O.C15H27N3O4.C3H8/c1-5-6-7-14(4)12-17-16-10-8-15(9-11-16)13(2)3;1-10(14(21)22)7-8-18(6)13(20)12(15(2,3)4)17-11(19)9-16-5;1-3-2/h5-11,13H,12H2,1-4H3;7,12,16H,8-9H2,1-6H3,(H,17,19)(H,21,22);3H2,1-2H3/b6-5-,14-7+;10-7+;. The van der Waals surface area contributed by atoms with E-state index in [2.05, 4.69) is 63.5 Å². The molecule has 0 aromatic heterocycles. The molecule has 0 saturated heterocycles. The molecule has 238 valence electrons. The van der Waals surface area contributed by atoms with Crippen molar-refractivity contribution in [2.24, 2.45) is 5.41 Å². The summed E-state index contributed by atoms with van der Waals surface area (Å²) in [6.07, 6.45) is 8.83. The summed E-state index contributed by atoms with van der Waals surface area (Å²) >= 11 is 0. The van der Waals surface area contributed by atoms with Crippen molar-refractivity contribution < 1.29 is 24.2 Å². The molecule has 0 aliphatic heterocycles. The van der Waals surface area contributed by atoms with Crippen LogP contribution >= 0.6 is 0 Å². The number of benzene rings is 1. The van der Waals surface area contributed by atoms with Crippen LogP contribution in [0.25, 0.3) is 0 Å². The van der Waals surface area contributed by atoms with E-state index < -0.39 is 17.4 Å². The summed E-state index contributed by atoms with van der Waals surface area (Å²) in [5.74, 6) is -0.0358. The molecule has 0 fully saturated rings. The first kappa shape index (κ1) is 40.7. The average Bonchev–Trinajstić information content (AvgIpc) is 2.92. The first-order chi connectivity index (χ1) is 19.5. The van der Waals surface area contributed by atoms with Crippen LogP contribution in [0.3, 0.4) is 0 Å². The van der Waals surface area contributed by atoms with Crippen molar-refractivity contribution in [3.8, 4) is 5.75 Å². The van der Waals surface area contributed by atoms with E-state index in [0.717, 1.165) is 5.75 Å². The SMILES string of the molecule is C/C=C\C=C(/C)COc1ccc(C(C)C)cc1.CCC.CNCC(=O)NC(C(=O)N(C)C/C=C(\C)C(=O)O)C(C)(C)C. The molecule has 1 unspecified atom stereocenters. The van der Waals surface area contributed by atoms with Gasteiger partial charge in [-0.3, -0.25) is 9.59 Å². The summed E-state index contributed by atoms with van der Waals surface area (Å²) in [5, 5.41) is 14.3.